The van der Waals surface area contributed by atoms with Gasteiger partial charge in [-0.2, -0.15) is 0 Å². The predicted octanol–water partition coefficient (Wildman–Crippen LogP) is 3.19. The number of nitroso groups, excluding NO2 is 1. The Kier molecular flexibility index (Phi) is 8.65. The lowest BCUT2D eigenvalue weighted by molar-refractivity contribution is -0.550. The van der Waals surface area contributed by atoms with Crippen LogP contribution >= 0.6 is 0 Å². The van der Waals surface area contributed by atoms with Gasteiger partial charge in [-0.05, 0) is 38.0 Å². The lowest BCUT2D eigenvalue weighted by atomic mass is 9.84. The summed E-state index contributed by atoms with van der Waals surface area (Å²) in [5.74, 6) is -0.812. The topological polar surface area (TPSA) is 84.7 Å². The van der Waals surface area contributed by atoms with Crippen molar-refractivity contribution in [2.24, 2.45) is 0 Å². The zero-order valence-electron chi connectivity index (χ0n) is 16.5. The summed E-state index contributed by atoms with van der Waals surface area (Å²) in [6, 6.07) is 9.48. The van der Waals surface area contributed by atoms with Gasteiger partial charge in [0.15, 0.2) is 6.54 Å². The average Bonchev–Trinajstić information content (AvgIpc) is 2.62. The van der Waals surface area contributed by atoms with E-state index in [1.165, 1.54) is 0 Å². The molecule has 7 nitrogen and oxygen atoms in total. The Bertz CT molecular complexity index is 670. The number of hydrogen-bond donors (Lipinski definition) is 1. The van der Waals surface area contributed by atoms with Gasteiger partial charge in [0.2, 0.25) is 6.54 Å². The van der Waals surface area contributed by atoms with Crippen LogP contribution in [0.25, 0.3) is 0 Å². The van der Waals surface area contributed by atoms with Gasteiger partial charge in [0, 0.05) is 10.5 Å². The van der Waals surface area contributed by atoms with E-state index in [0.29, 0.717) is 12.1 Å². The molecule has 0 bridgehead atoms. The molecule has 7 heteroatoms. The lowest BCUT2D eigenvalue weighted by Crippen LogP contribution is -2.42. The number of carbonyl (C=O) groups excluding carboxylic acids is 2. The molecule has 1 aromatic carbocycles. The van der Waals surface area contributed by atoms with Crippen LogP contribution in [0.5, 0.6) is 0 Å². The molecular weight excluding hydrogens is 348 g/mol. The zero-order valence-corrected chi connectivity index (χ0v) is 16.5. The SMILES string of the molecule is C=C(C)C(=O)OCCNC(=O)OC(C)(C)C(C[N+](=O)CC)c1ccccc1. The summed E-state index contributed by atoms with van der Waals surface area (Å²) in [6.45, 7) is 11.0. The summed E-state index contributed by atoms with van der Waals surface area (Å²) in [7, 11) is 0. The highest BCUT2D eigenvalue weighted by Crippen LogP contribution is 2.31. The molecule has 0 radical (unpaired) electrons. The van der Waals surface area contributed by atoms with E-state index < -0.39 is 17.7 Å². The quantitative estimate of drug-likeness (QED) is 0.293. The number of nitrogens with one attached hydrogen (secondary N) is 1. The van der Waals surface area contributed by atoms with Crippen LogP contribution in [0.15, 0.2) is 42.5 Å². The van der Waals surface area contributed by atoms with Gasteiger partial charge in [-0.25, -0.2) is 9.59 Å². The normalized spacial score (nSPS) is 12.0. The van der Waals surface area contributed by atoms with Gasteiger partial charge in [-0.3, -0.25) is 0 Å². The van der Waals surface area contributed by atoms with Crippen molar-refractivity contribution in [3.05, 3.63) is 53.0 Å². The number of likely N-dealkylation sites (N-methyl/N-ethyl adjacent to an activating group) is 1. The third-order valence-corrected chi connectivity index (χ3v) is 4.09. The summed E-state index contributed by atoms with van der Waals surface area (Å²) < 4.78 is 11.4. The minimum atomic E-state index is -0.919. The zero-order chi connectivity index (χ0) is 20.4. The first kappa shape index (κ1) is 22.3. The molecule has 1 unspecified atom stereocenters. The molecule has 0 heterocycles. The highest BCUT2D eigenvalue weighted by Gasteiger charge is 2.38. The Balaban J connectivity index is 2.69. The first-order valence-electron chi connectivity index (χ1n) is 8.93. The molecule has 1 amide bonds. The molecule has 0 saturated heterocycles. The fourth-order valence-electron chi connectivity index (χ4n) is 2.51. The number of esters is 1. The van der Waals surface area contributed by atoms with Crippen molar-refractivity contribution in [3.8, 4) is 0 Å². The number of alkyl carbamates (subject to hydrolysis) is 1. The number of carbonyl (C=O) groups is 2. The molecule has 0 aromatic heterocycles. The fraction of sp³-hybridized carbons (Fsp3) is 0.500. The molecule has 0 spiro atoms. The van der Waals surface area contributed by atoms with Crippen LogP contribution < -0.4 is 5.32 Å². The molecule has 148 valence electrons. The molecule has 0 aliphatic heterocycles. The summed E-state index contributed by atoms with van der Waals surface area (Å²) in [6.07, 6.45) is -0.638. The van der Waals surface area contributed by atoms with E-state index in [4.69, 9.17) is 9.47 Å². The standard InChI is InChI=1S/C20H28N2O5/c1-6-22(25)14-17(16-10-8-7-9-11-16)20(4,5)27-19(24)21-12-13-26-18(23)15(2)3/h7-11,17H,2,6,12-14H2,1,3-5H3/p+1. The van der Waals surface area contributed by atoms with Gasteiger partial charge in [-0.15, -0.1) is 0 Å². The van der Waals surface area contributed by atoms with Gasteiger partial charge >= 0.3 is 12.1 Å². The highest BCUT2D eigenvalue weighted by atomic mass is 16.6. The van der Waals surface area contributed by atoms with Crippen molar-refractivity contribution in [2.75, 3.05) is 26.2 Å². The van der Waals surface area contributed by atoms with Crippen LogP contribution in [0.2, 0.25) is 0 Å². The maximum Gasteiger partial charge on any atom is 0.407 e. The van der Waals surface area contributed by atoms with E-state index in [-0.39, 0.29) is 25.6 Å². The van der Waals surface area contributed by atoms with Gasteiger partial charge in [-0.1, -0.05) is 36.9 Å². The molecule has 1 atom stereocenters. The van der Waals surface area contributed by atoms with Gasteiger partial charge < -0.3 is 14.8 Å². The van der Waals surface area contributed by atoms with E-state index >= 15 is 0 Å². The molecule has 0 saturated carbocycles. The second-order valence-corrected chi connectivity index (χ2v) is 6.78. The first-order valence-corrected chi connectivity index (χ1v) is 8.93. The lowest BCUT2D eigenvalue weighted by Gasteiger charge is -2.32. The van der Waals surface area contributed by atoms with E-state index in [1.54, 1.807) is 27.7 Å². The minimum Gasteiger partial charge on any atom is -0.460 e. The molecule has 0 fully saturated rings. The van der Waals surface area contributed by atoms with Crippen LogP contribution in [-0.2, 0) is 14.3 Å². The van der Waals surface area contributed by atoms with E-state index in [0.717, 1.165) is 10.3 Å². The smallest absolute Gasteiger partial charge is 0.407 e. The second kappa shape index (κ2) is 10.4. The summed E-state index contributed by atoms with van der Waals surface area (Å²) >= 11 is 0. The van der Waals surface area contributed by atoms with Crippen LogP contribution in [0, 0.1) is 4.91 Å². The minimum absolute atomic E-state index is 0.0213. The molecule has 1 N–H and O–H groups in total. The molecular formula is C20H29N2O5+. The van der Waals surface area contributed by atoms with Crippen LogP contribution in [-0.4, -0.2) is 48.7 Å². The summed E-state index contributed by atoms with van der Waals surface area (Å²) in [5.41, 5.74) is 0.292. The third kappa shape index (κ3) is 7.60. The molecule has 27 heavy (non-hydrogen) atoms. The summed E-state index contributed by atoms with van der Waals surface area (Å²) in [4.78, 5) is 35.4. The molecule has 1 aromatic rings. The maximum absolute atomic E-state index is 12.1. The maximum atomic E-state index is 12.1. The van der Waals surface area contributed by atoms with Crippen molar-refractivity contribution in [1.29, 1.82) is 0 Å². The van der Waals surface area contributed by atoms with Crippen molar-refractivity contribution in [2.45, 2.75) is 39.2 Å². The van der Waals surface area contributed by atoms with Crippen LogP contribution in [0.3, 0.4) is 0 Å². The van der Waals surface area contributed by atoms with Crippen LogP contribution in [0.1, 0.15) is 39.2 Å². The fourth-order valence-corrected chi connectivity index (χ4v) is 2.51. The van der Waals surface area contributed by atoms with E-state index in [9.17, 15) is 14.5 Å². The Hall–Kier alpha value is -2.70. The van der Waals surface area contributed by atoms with Gasteiger partial charge in [0.05, 0.1) is 12.5 Å². The van der Waals surface area contributed by atoms with Crippen molar-refractivity contribution in [3.63, 3.8) is 0 Å². The first-order chi connectivity index (χ1) is 12.7. The van der Waals surface area contributed by atoms with E-state index in [2.05, 4.69) is 11.9 Å². The van der Waals surface area contributed by atoms with Crippen molar-refractivity contribution < 1.29 is 23.8 Å². The Morgan fingerprint density at radius 1 is 1.26 bits per heavy atom. The average molecular weight is 377 g/mol. The Morgan fingerprint density at radius 2 is 1.89 bits per heavy atom. The number of hydrogen-bond acceptors (Lipinski definition) is 5. The van der Waals surface area contributed by atoms with Crippen molar-refractivity contribution >= 4 is 12.1 Å². The Labute approximate surface area is 160 Å². The predicted molar refractivity (Wildman–Crippen MR) is 103 cm³/mol. The number of amides is 1. The molecule has 0 aliphatic carbocycles. The second-order valence-electron chi connectivity index (χ2n) is 6.78. The third-order valence-electron chi connectivity index (χ3n) is 4.09. The largest absolute Gasteiger partial charge is 0.460 e. The summed E-state index contributed by atoms with van der Waals surface area (Å²) in [5, 5.41) is 2.55. The number of benzene rings is 1. The Morgan fingerprint density at radius 3 is 2.44 bits per heavy atom. The number of rotatable bonds is 10. The van der Waals surface area contributed by atoms with Gasteiger partial charge in [0.25, 0.3) is 0 Å². The van der Waals surface area contributed by atoms with Crippen molar-refractivity contribution in [1.82, 2.24) is 5.32 Å². The molecule has 0 aliphatic rings. The number of ether oxygens (including phenoxy) is 2. The highest BCUT2D eigenvalue weighted by molar-refractivity contribution is 5.86. The number of nitrogens with zero attached hydrogens (tertiary/aromatic N) is 1. The van der Waals surface area contributed by atoms with Crippen LogP contribution in [0.4, 0.5) is 4.79 Å². The molecule has 1 rings (SSSR count). The monoisotopic (exact) mass is 377 g/mol. The van der Waals surface area contributed by atoms with E-state index in [1.807, 2.05) is 30.3 Å². The van der Waals surface area contributed by atoms with Gasteiger partial charge in [0.1, 0.15) is 12.2 Å².